The van der Waals surface area contributed by atoms with Crippen molar-refractivity contribution < 1.29 is 152 Å². The van der Waals surface area contributed by atoms with Gasteiger partial charge in [0.15, 0.2) is 37.7 Å². The standard InChI is InChI=1S/C48H80N6O31/c1-13(61)49-25-33(69)38(20(8-56)75-43(25)74)81-45-27(51-15(3)63)35(71)40(22(10-58)77-45)83-47-29(53-17(5)65)37(73)42(24(12-60)79-47)85-48-30(54-18(6)66)36(72)41(23(11-59)80-48)84-46-28(52-16(4)64)34(70)39(21(9-57)78-46)82-44-26(50-14(2)62)32(68)31(67)19(7-55)76-44/h19-48,55-60,67-74H,7-12H2,1-6H3,(H,49,61)(H,50,62)(H,51,63)(H,52,64)(H,53,65)(H,54,66)/t19-,20-,21-,22-,23-,24-,25-,26-,27-,28-,29-,30-,31-,32-,33-,34-,35-,36-,37-,38-,39-,40-,41-,42-,43+,44+,45+,46+,47+,48+/m1/s1. The first-order valence-corrected chi connectivity index (χ1v) is 27.1. The fraction of sp³-hybridized carbons (Fsp3) is 0.875. The summed E-state index contributed by atoms with van der Waals surface area (Å²) in [6, 6.07) is -10.0. The number of hydrogen-bond donors (Lipinski definition) is 20. The van der Waals surface area contributed by atoms with Crippen LogP contribution < -0.4 is 31.9 Å². The van der Waals surface area contributed by atoms with Gasteiger partial charge in [0.25, 0.3) is 0 Å². The monoisotopic (exact) mass is 1240 g/mol. The van der Waals surface area contributed by atoms with E-state index in [1.165, 1.54) is 0 Å². The molecule has 488 valence electrons. The molecule has 0 radical (unpaired) electrons. The summed E-state index contributed by atoms with van der Waals surface area (Å²) in [5.74, 6) is -4.75. The fourth-order valence-corrected chi connectivity index (χ4v) is 11.0. The summed E-state index contributed by atoms with van der Waals surface area (Å²) in [6.07, 6.45) is -43.4. The highest BCUT2D eigenvalue weighted by Gasteiger charge is 2.59. The average molecular weight is 1240 g/mol. The van der Waals surface area contributed by atoms with E-state index in [2.05, 4.69) is 31.9 Å². The van der Waals surface area contributed by atoms with Gasteiger partial charge >= 0.3 is 0 Å². The molecule has 6 fully saturated rings. The third kappa shape index (κ3) is 16.4. The molecule has 6 saturated heterocycles. The summed E-state index contributed by atoms with van der Waals surface area (Å²) >= 11 is 0. The van der Waals surface area contributed by atoms with Gasteiger partial charge in [-0.1, -0.05) is 0 Å². The lowest BCUT2D eigenvalue weighted by atomic mass is 9.92. The Morgan fingerprint density at radius 3 is 0.694 bits per heavy atom. The van der Waals surface area contributed by atoms with Crippen molar-refractivity contribution in [1.29, 1.82) is 0 Å². The maximum atomic E-state index is 12.8. The number of aliphatic hydroxyl groups is 14. The molecule has 6 heterocycles. The van der Waals surface area contributed by atoms with Crippen LogP contribution in [-0.4, -0.2) is 330 Å². The number of carbonyl (C=O) groups excluding carboxylic acids is 6. The highest BCUT2D eigenvalue weighted by Crippen LogP contribution is 2.37. The SMILES string of the molecule is CC(=O)N[C@@H]1[C@@H](O)[C@H](O[C@@H]2O[C@H](CO)[C@@H](O[C@@H]3O[C@H](CO)[C@@H](O[C@@H]4O[C@H](CO)[C@@H](O[C@@H]5O[C@H](CO)[C@@H](O[C@@H]6O[C@H](CO)[C@@H](O)[C@H](O)[C@H]6NC(C)=O)[C@H](O)[C@H]5NC(C)=O)[C@H](O)[C@H]4NC(C)=O)[C@H](O)[C@H]3NC(C)=O)[C@H](O)[C@H]2NC(C)=O)[C@@H](CO)O[C@@H]1O. The van der Waals surface area contributed by atoms with Gasteiger partial charge in [-0.15, -0.1) is 0 Å². The number of rotatable bonds is 22. The topological polar surface area (TPSA) is 559 Å². The molecule has 6 aliphatic rings. The summed E-state index contributed by atoms with van der Waals surface area (Å²) in [5, 5.41) is 168. The van der Waals surface area contributed by atoms with Crippen LogP contribution in [-0.2, 0) is 80.9 Å². The van der Waals surface area contributed by atoms with Crippen LogP contribution in [0.2, 0.25) is 0 Å². The molecule has 6 aliphatic heterocycles. The molecule has 0 bridgehead atoms. The highest BCUT2D eigenvalue weighted by atomic mass is 16.8. The van der Waals surface area contributed by atoms with Crippen LogP contribution in [0, 0.1) is 0 Å². The van der Waals surface area contributed by atoms with Crippen molar-refractivity contribution in [2.45, 2.75) is 225 Å². The minimum atomic E-state index is -2.07. The third-order valence-electron chi connectivity index (χ3n) is 14.8. The lowest BCUT2D eigenvalue weighted by molar-refractivity contribution is -0.370. The smallest absolute Gasteiger partial charge is 0.217 e. The van der Waals surface area contributed by atoms with Crippen molar-refractivity contribution in [2.75, 3.05) is 39.6 Å². The van der Waals surface area contributed by atoms with Crippen LogP contribution in [0.15, 0.2) is 0 Å². The molecule has 0 aromatic heterocycles. The van der Waals surface area contributed by atoms with E-state index in [4.69, 9.17) is 52.1 Å². The Morgan fingerprint density at radius 2 is 0.471 bits per heavy atom. The van der Waals surface area contributed by atoms with Gasteiger partial charge < -0.3 is 155 Å². The van der Waals surface area contributed by atoms with Crippen LogP contribution in [0.25, 0.3) is 0 Å². The van der Waals surface area contributed by atoms with E-state index in [1.807, 2.05) is 0 Å². The van der Waals surface area contributed by atoms with Crippen LogP contribution in [0.1, 0.15) is 41.5 Å². The lowest BCUT2D eigenvalue weighted by Crippen LogP contribution is -2.72. The molecule has 0 spiro atoms. The highest BCUT2D eigenvalue weighted by molar-refractivity contribution is 5.75. The number of aliphatic hydroxyl groups excluding tert-OH is 14. The Morgan fingerprint density at radius 1 is 0.282 bits per heavy atom. The molecule has 6 rings (SSSR count). The minimum absolute atomic E-state index is 0.705. The number of carbonyl (C=O) groups is 6. The zero-order valence-electron chi connectivity index (χ0n) is 46.8. The first kappa shape index (κ1) is 69.9. The van der Waals surface area contributed by atoms with E-state index in [1.54, 1.807) is 0 Å². The minimum Gasteiger partial charge on any atom is -0.394 e. The number of nitrogens with one attached hydrogen (secondary N) is 6. The van der Waals surface area contributed by atoms with Crippen molar-refractivity contribution in [1.82, 2.24) is 31.9 Å². The maximum absolute atomic E-state index is 12.8. The molecule has 0 aromatic carbocycles. The molecule has 0 aliphatic carbocycles. The molecular formula is C48H80N6O31. The quantitative estimate of drug-likeness (QED) is 0.0479. The van der Waals surface area contributed by atoms with E-state index in [0.717, 1.165) is 41.5 Å². The molecule has 0 aromatic rings. The van der Waals surface area contributed by atoms with Crippen molar-refractivity contribution in [3.63, 3.8) is 0 Å². The van der Waals surface area contributed by atoms with E-state index < -0.39 is 259 Å². The molecule has 20 N–H and O–H groups in total. The second kappa shape index (κ2) is 30.8. The van der Waals surface area contributed by atoms with Gasteiger partial charge in [0.2, 0.25) is 35.4 Å². The molecule has 37 nitrogen and oxygen atoms in total. The van der Waals surface area contributed by atoms with Crippen molar-refractivity contribution >= 4 is 35.4 Å². The predicted octanol–water partition coefficient (Wildman–Crippen LogP) is -13.2. The summed E-state index contributed by atoms with van der Waals surface area (Å²) in [5.41, 5.74) is 0. The van der Waals surface area contributed by atoms with Gasteiger partial charge in [0, 0.05) is 41.5 Å². The number of hydrogen-bond acceptors (Lipinski definition) is 31. The lowest BCUT2D eigenvalue weighted by Gasteiger charge is -2.51. The maximum Gasteiger partial charge on any atom is 0.217 e. The van der Waals surface area contributed by atoms with Crippen molar-refractivity contribution in [3.05, 3.63) is 0 Å². The molecule has 0 saturated carbocycles. The summed E-state index contributed by atoms with van der Waals surface area (Å²) in [7, 11) is 0. The Balaban J connectivity index is 1.23. The first-order valence-electron chi connectivity index (χ1n) is 27.1. The van der Waals surface area contributed by atoms with Gasteiger partial charge in [0.1, 0.15) is 146 Å². The Bertz CT molecular complexity index is 2230. The zero-order chi connectivity index (χ0) is 63.0. The van der Waals surface area contributed by atoms with Crippen molar-refractivity contribution in [3.8, 4) is 0 Å². The van der Waals surface area contributed by atoms with Crippen LogP contribution in [0.4, 0.5) is 0 Å². The van der Waals surface area contributed by atoms with Gasteiger partial charge in [-0.25, -0.2) is 0 Å². The van der Waals surface area contributed by atoms with E-state index in [9.17, 15) is 100 Å². The second-order valence-electron chi connectivity index (χ2n) is 21.2. The summed E-state index contributed by atoms with van der Waals surface area (Å²) < 4.78 is 65.4. The van der Waals surface area contributed by atoms with E-state index in [-0.39, 0.29) is 0 Å². The Labute approximate surface area is 483 Å². The molecule has 37 heteroatoms. The molecule has 85 heavy (non-hydrogen) atoms. The predicted molar refractivity (Wildman–Crippen MR) is 269 cm³/mol. The molecule has 0 unspecified atom stereocenters. The third-order valence-corrected chi connectivity index (χ3v) is 14.8. The van der Waals surface area contributed by atoms with Gasteiger partial charge in [-0.3, -0.25) is 28.8 Å². The average Bonchev–Trinajstić information content (AvgIpc) is 2.60. The van der Waals surface area contributed by atoms with Gasteiger partial charge in [-0.2, -0.15) is 0 Å². The first-order chi connectivity index (χ1) is 40.1. The van der Waals surface area contributed by atoms with Crippen molar-refractivity contribution in [2.24, 2.45) is 0 Å². The number of ether oxygens (including phenoxy) is 11. The summed E-state index contributed by atoms with van der Waals surface area (Å²) in [6.45, 7) is 0.406. The van der Waals surface area contributed by atoms with Crippen LogP contribution >= 0.6 is 0 Å². The van der Waals surface area contributed by atoms with Gasteiger partial charge in [0.05, 0.1) is 39.6 Å². The largest absolute Gasteiger partial charge is 0.394 e. The summed E-state index contributed by atoms with van der Waals surface area (Å²) in [4.78, 5) is 74.9. The molecule has 30 atom stereocenters. The fourth-order valence-electron chi connectivity index (χ4n) is 11.0. The Kier molecular flexibility index (Phi) is 25.4. The zero-order valence-corrected chi connectivity index (χ0v) is 46.8. The molecule has 6 amide bonds. The van der Waals surface area contributed by atoms with Gasteiger partial charge in [-0.05, 0) is 0 Å². The van der Waals surface area contributed by atoms with Crippen LogP contribution in [0.5, 0.6) is 0 Å². The normalized spacial score (nSPS) is 44.0. The van der Waals surface area contributed by atoms with E-state index in [0.29, 0.717) is 0 Å². The van der Waals surface area contributed by atoms with E-state index >= 15 is 0 Å². The second-order valence-corrected chi connectivity index (χ2v) is 21.2. The van der Waals surface area contributed by atoms with Crippen LogP contribution in [0.3, 0.4) is 0 Å². The number of amides is 6. The Hall–Kier alpha value is -4.18. The molecular weight excluding hydrogens is 1160 g/mol.